The van der Waals surface area contributed by atoms with Gasteiger partial charge in [-0.3, -0.25) is 4.84 Å². The van der Waals surface area contributed by atoms with Crippen molar-refractivity contribution in [2.45, 2.75) is 19.8 Å². The van der Waals surface area contributed by atoms with Crippen molar-refractivity contribution in [1.29, 1.82) is 0 Å². The van der Waals surface area contributed by atoms with Gasteiger partial charge in [-0.2, -0.15) is 12.7 Å². The van der Waals surface area contributed by atoms with Crippen LogP contribution in [0.4, 0.5) is 0 Å². The largest absolute Gasteiger partial charge is 0.479 e. The summed E-state index contributed by atoms with van der Waals surface area (Å²) in [6, 6.07) is 0. The van der Waals surface area contributed by atoms with Gasteiger partial charge >= 0.3 is 16.2 Å². The molecule has 0 aromatic rings. The van der Waals surface area contributed by atoms with E-state index in [1.807, 2.05) is 0 Å². The van der Waals surface area contributed by atoms with Gasteiger partial charge in [0.1, 0.15) is 0 Å². The third-order valence-corrected chi connectivity index (χ3v) is 3.82. The van der Waals surface area contributed by atoms with Crippen molar-refractivity contribution < 1.29 is 23.2 Å². The fraction of sp³-hybridized carbons (Fsp3) is 0.875. The monoisotopic (exact) mass is 252 g/mol. The molecule has 8 heteroatoms. The summed E-state index contributed by atoms with van der Waals surface area (Å²) >= 11 is 0. The predicted molar refractivity (Wildman–Crippen MR) is 55.6 cm³/mol. The lowest BCUT2D eigenvalue weighted by atomic mass is 10.0. The standard InChI is InChI=1S/C8H16N2O5S/c1-7-2-4-10(5-3-7)16(13,14)9-15-6-8(11)12/h7,9H,2-6H2,1H3,(H,11,12). The molecule has 7 nitrogen and oxygen atoms in total. The molecule has 0 saturated carbocycles. The Morgan fingerprint density at radius 3 is 2.56 bits per heavy atom. The molecule has 1 aliphatic heterocycles. The fourth-order valence-corrected chi connectivity index (χ4v) is 2.45. The smallest absolute Gasteiger partial charge is 0.331 e. The Balaban J connectivity index is 2.41. The number of rotatable bonds is 5. The lowest BCUT2D eigenvalue weighted by Gasteiger charge is -2.28. The zero-order valence-corrected chi connectivity index (χ0v) is 9.87. The van der Waals surface area contributed by atoms with Gasteiger partial charge in [0.15, 0.2) is 6.61 Å². The summed E-state index contributed by atoms with van der Waals surface area (Å²) in [6.07, 6.45) is 1.61. The fourth-order valence-electron chi connectivity index (χ4n) is 1.44. The maximum absolute atomic E-state index is 11.6. The van der Waals surface area contributed by atoms with Crippen molar-refractivity contribution in [3.05, 3.63) is 0 Å². The van der Waals surface area contributed by atoms with Crippen molar-refractivity contribution in [3.8, 4) is 0 Å². The molecule has 0 amide bonds. The highest BCUT2D eigenvalue weighted by atomic mass is 32.2. The van der Waals surface area contributed by atoms with Gasteiger partial charge in [0.25, 0.3) is 0 Å². The molecular weight excluding hydrogens is 236 g/mol. The Bertz CT molecular complexity index is 334. The van der Waals surface area contributed by atoms with Crippen LogP contribution < -0.4 is 4.89 Å². The summed E-state index contributed by atoms with van der Waals surface area (Å²) in [5, 5.41) is 8.28. The van der Waals surface area contributed by atoms with Gasteiger partial charge in [0, 0.05) is 13.1 Å². The zero-order chi connectivity index (χ0) is 12.2. The molecule has 0 atom stereocenters. The summed E-state index contributed by atoms with van der Waals surface area (Å²) in [4.78, 5) is 16.3. The lowest BCUT2D eigenvalue weighted by Crippen LogP contribution is -2.45. The summed E-state index contributed by atoms with van der Waals surface area (Å²) < 4.78 is 24.4. The van der Waals surface area contributed by atoms with E-state index in [-0.39, 0.29) is 0 Å². The maximum atomic E-state index is 11.6. The van der Waals surface area contributed by atoms with Crippen molar-refractivity contribution in [2.24, 2.45) is 5.92 Å². The van der Waals surface area contributed by atoms with E-state index in [2.05, 4.69) is 11.8 Å². The van der Waals surface area contributed by atoms with E-state index < -0.39 is 22.8 Å². The van der Waals surface area contributed by atoms with Crippen LogP contribution in [0.15, 0.2) is 0 Å². The number of hydrogen-bond acceptors (Lipinski definition) is 4. The first kappa shape index (κ1) is 13.4. The molecular formula is C8H16N2O5S. The highest BCUT2D eigenvalue weighted by molar-refractivity contribution is 7.87. The average molecular weight is 252 g/mol. The molecule has 2 N–H and O–H groups in total. The number of carboxylic acid groups (broad SMARTS) is 1. The second-order valence-corrected chi connectivity index (χ2v) is 5.49. The molecule has 1 heterocycles. The van der Waals surface area contributed by atoms with Gasteiger partial charge in [-0.25, -0.2) is 4.79 Å². The molecule has 0 aromatic carbocycles. The van der Waals surface area contributed by atoms with Crippen LogP contribution in [0.3, 0.4) is 0 Å². The van der Waals surface area contributed by atoms with Crippen LogP contribution in [0.1, 0.15) is 19.8 Å². The van der Waals surface area contributed by atoms with Gasteiger partial charge in [0.2, 0.25) is 0 Å². The van der Waals surface area contributed by atoms with Crippen molar-refractivity contribution in [2.75, 3.05) is 19.7 Å². The van der Waals surface area contributed by atoms with E-state index in [0.29, 0.717) is 19.0 Å². The minimum absolute atomic E-state index is 0.437. The number of nitrogens with zero attached hydrogens (tertiary/aromatic N) is 1. The summed E-state index contributed by atoms with van der Waals surface area (Å²) in [7, 11) is -3.70. The van der Waals surface area contributed by atoms with E-state index >= 15 is 0 Å². The molecule has 1 fully saturated rings. The van der Waals surface area contributed by atoms with E-state index in [1.54, 1.807) is 4.89 Å². The topological polar surface area (TPSA) is 95.9 Å². The first-order chi connectivity index (χ1) is 7.42. The van der Waals surface area contributed by atoms with Gasteiger partial charge in [-0.05, 0) is 18.8 Å². The Hall–Kier alpha value is -0.700. The number of carbonyl (C=O) groups is 1. The van der Waals surface area contributed by atoms with Crippen LogP contribution in [-0.4, -0.2) is 43.5 Å². The van der Waals surface area contributed by atoms with Crippen LogP contribution in [-0.2, 0) is 19.8 Å². The predicted octanol–water partition coefficient (Wildman–Crippen LogP) is -0.431. The third-order valence-electron chi connectivity index (χ3n) is 2.44. The quantitative estimate of drug-likeness (QED) is 0.647. The van der Waals surface area contributed by atoms with Gasteiger partial charge in [-0.15, -0.1) is 0 Å². The number of carboxylic acids is 1. The van der Waals surface area contributed by atoms with Crippen molar-refractivity contribution >= 4 is 16.2 Å². The highest BCUT2D eigenvalue weighted by Crippen LogP contribution is 2.17. The molecule has 1 rings (SSSR count). The normalized spacial score (nSPS) is 19.8. The third kappa shape index (κ3) is 4.05. The number of piperidine rings is 1. The van der Waals surface area contributed by atoms with Crippen LogP contribution in [0.5, 0.6) is 0 Å². The molecule has 1 aliphatic rings. The first-order valence-electron chi connectivity index (χ1n) is 5.02. The minimum Gasteiger partial charge on any atom is -0.479 e. The number of nitrogens with one attached hydrogen (secondary N) is 1. The number of hydrogen-bond donors (Lipinski definition) is 2. The minimum atomic E-state index is -3.70. The Labute approximate surface area is 94.5 Å². The SMILES string of the molecule is CC1CCN(S(=O)(=O)NOCC(=O)O)CC1. The molecule has 0 unspecified atom stereocenters. The van der Waals surface area contributed by atoms with Gasteiger partial charge < -0.3 is 5.11 Å². The second kappa shape index (κ2) is 5.58. The summed E-state index contributed by atoms with van der Waals surface area (Å²) in [5.74, 6) is -0.707. The van der Waals surface area contributed by atoms with E-state index in [0.717, 1.165) is 12.8 Å². The molecule has 0 radical (unpaired) electrons. The first-order valence-corrected chi connectivity index (χ1v) is 6.46. The molecule has 0 aromatic heterocycles. The molecule has 94 valence electrons. The lowest BCUT2D eigenvalue weighted by molar-refractivity contribution is -0.143. The Morgan fingerprint density at radius 2 is 2.06 bits per heavy atom. The van der Waals surface area contributed by atoms with Gasteiger partial charge in [-0.1, -0.05) is 11.8 Å². The maximum Gasteiger partial charge on any atom is 0.331 e. The highest BCUT2D eigenvalue weighted by Gasteiger charge is 2.26. The molecule has 0 bridgehead atoms. The Morgan fingerprint density at radius 1 is 1.50 bits per heavy atom. The molecule has 16 heavy (non-hydrogen) atoms. The van der Waals surface area contributed by atoms with E-state index in [4.69, 9.17) is 5.11 Å². The van der Waals surface area contributed by atoms with E-state index in [1.165, 1.54) is 4.31 Å². The Kier molecular flexibility index (Phi) is 4.66. The van der Waals surface area contributed by atoms with Crippen LogP contribution >= 0.6 is 0 Å². The van der Waals surface area contributed by atoms with Crippen molar-refractivity contribution in [3.63, 3.8) is 0 Å². The zero-order valence-electron chi connectivity index (χ0n) is 9.05. The second-order valence-electron chi connectivity index (χ2n) is 3.85. The average Bonchev–Trinajstić information content (AvgIpc) is 2.17. The van der Waals surface area contributed by atoms with Crippen LogP contribution in [0.2, 0.25) is 0 Å². The van der Waals surface area contributed by atoms with Crippen LogP contribution in [0, 0.1) is 5.92 Å². The van der Waals surface area contributed by atoms with Crippen molar-refractivity contribution in [1.82, 2.24) is 9.19 Å². The summed E-state index contributed by atoms with van der Waals surface area (Å²) in [5.41, 5.74) is 0. The van der Waals surface area contributed by atoms with E-state index in [9.17, 15) is 13.2 Å². The molecule has 0 spiro atoms. The van der Waals surface area contributed by atoms with Crippen LogP contribution in [0.25, 0.3) is 0 Å². The molecule has 0 aliphatic carbocycles. The summed E-state index contributed by atoms with van der Waals surface area (Å²) in [6.45, 7) is 2.25. The number of aliphatic carboxylic acids is 1. The van der Waals surface area contributed by atoms with Gasteiger partial charge in [0.05, 0.1) is 0 Å². The molecule has 1 saturated heterocycles.